The van der Waals surface area contributed by atoms with E-state index in [2.05, 4.69) is 5.10 Å². The van der Waals surface area contributed by atoms with Gasteiger partial charge in [-0.25, -0.2) is 4.52 Å². The van der Waals surface area contributed by atoms with Crippen molar-refractivity contribution in [3.8, 4) is 17.0 Å². The SMILES string of the molecule is COc1cc(CO)n2nc(-c3ccccc3)cc2c1. The van der Waals surface area contributed by atoms with Crippen molar-refractivity contribution >= 4 is 5.52 Å². The summed E-state index contributed by atoms with van der Waals surface area (Å²) in [6.45, 7) is -0.0798. The molecule has 0 amide bonds. The molecular formula is C15H14N2O2. The van der Waals surface area contributed by atoms with Gasteiger partial charge in [0.15, 0.2) is 0 Å². The number of aliphatic hydroxyl groups is 1. The molecule has 0 saturated carbocycles. The Morgan fingerprint density at radius 2 is 1.95 bits per heavy atom. The number of aromatic nitrogens is 2. The van der Waals surface area contributed by atoms with Gasteiger partial charge in [-0.15, -0.1) is 0 Å². The van der Waals surface area contributed by atoms with E-state index < -0.39 is 0 Å². The highest BCUT2D eigenvalue weighted by Gasteiger charge is 2.09. The van der Waals surface area contributed by atoms with E-state index in [-0.39, 0.29) is 6.61 Å². The minimum atomic E-state index is -0.0798. The summed E-state index contributed by atoms with van der Waals surface area (Å²) >= 11 is 0. The lowest BCUT2D eigenvalue weighted by Crippen LogP contribution is -1.99. The van der Waals surface area contributed by atoms with Gasteiger partial charge in [-0.2, -0.15) is 5.10 Å². The molecular weight excluding hydrogens is 240 g/mol. The Labute approximate surface area is 110 Å². The van der Waals surface area contributed by atoms with E-state index >= 15 is 0 Å². The van der Waals surface area contributed by atoms with Crippen molar-refractivity contribution in [2.45, 2.75) is 6.61 Å². The van der Waals surface area contributed by atoms with Crippen LogP contribution in [0.3, 0.4) is 0 Å². The first kappa shape index (κ1) is 11.7. The molecule has 1 aromatic carbocycles. The van der Waals surface area contributed by atoms with Gasteiger partial charge in [0.05, 0.1) is 30.6 Å². The number of hydrogen-bond donors (Lipinski definition) is 1. The highest BCUT2D eigenvalue weighted by Crippen LogP contribution is 2.24. The summed E-state index contributed by atoms with van der Waals surface area (Å²) in [4.78, 5) is 0. The average Bonchev–Trinajstić information content (AvgIpc) is 2.91. The minimum Gasteiger partial charge on any atom is -0.497 e. The van der Waals surface area contributed by atoms with Crippen molar-refractivity contribution in [2.75, 3.05) is 7.11 Å². The van der Waals surface area contributed by atoms with Crippen LogP contribution in [0.5, 0.6) is 5.75 Å². The number of benzene rings is 1. The Kier molecular flexibility index (Phi) is 2.93. The third kappa shape index (κ3) is 2.06. The van der Waals surface area contributed by atoms with E-state index in [0.717, 1.165) is 22.5 Å². The largest absolute Gasteiger partial charge is 0.497 e. The maximum Gasteiger partial charge on any atom is 0.122 e. The zero-order chi connectivity index (χ0) is 13.2. The molecule has 2 heterocycles. The standard InChI is InChI=1S/C15H14N2O2/c1-19-14-7-12-9-15(11-5-3-2-4-6-11)16-17(12)13(8-14)10-18/h2-9,18H,10H2,1H3. The summed E-state index contributed by atoms with van der Waals surface area (Å²) in [5.74, 6) is 0.719. The zero-order valence-corrected chi connectivity index (χ0v) is 10.6. The quantitative estimate of drug-likeness (QED) is 0.781. The van der Waals surface area contributed by atoms with Gasteiger partial charge in [0.1, 0.15) is 5.75 Å². The van der Waals surface area contributed by atoms with Crippen LogP contribution in [0.25, 0.3) is 16.8 Å². The number of hydrogen-bond acceptors (Lipinski definition) is 3. The molecule has 0 saturated heterocycles. The summed E-state index contributed by atoms with van der Waals surface area (Å²) in [7, 11) is 1.61. The maximum absolute atomic E-state index is 9.42. The lowest BCUT2D eigenvalue weighted by atomic mass is 10.1. The second-order valence-corrected chi connectivity index (χ2v) is 4.28. The highest BCUT2D eigenvalue weighted by molar-refractivity contribution is 5.67. The average molecular weight is 254 g/mol. The number of pyridine rings is 1. The van der Waals surface area contributed by atoms with Crippen molar-refractivity contribution < 1.29 is 9.84 Å². The third-order valence-corrected chi connectivity index (χ3v) is 3.08. The number of rotatable bonds is 3. The minimum absolute atomic E-state index is 0.0798. The number of ether oxygens (including phenoxy) is 1. The van der Waals surface area contributed by atoms with Crippen LogP contribution in [-0.4, -0.2) is 21.8 Å². The number of methoxy groups -OCH3 is 1. The first-order valence-corrected chi connectivity index (χ1v) is 6.05. The molecule has 0 atom stereocenters. The van der Waals surface area contributed by atoms with Crippen LogP contribution in [0.1, 0.15) is 5.69 Å². The topological polar surface area (TPSA) is 46.8 Å². The van der Waals surface area contributed by atoms with Crippen LogP contribution in [0.4, 0.5) is 0 Å². The van der Waals surface area contributed by atoms with Crippen LogP contribution >= 0.6 is 0 Å². The molecule has 0 aliphatic rings. The number of fused-ring (bicyclic) bond motifs is 1. The van der Waals surface area contributed by atoms with Crippen molar-refractivity contribution in [2.24, 2.45) is 0 Å². The van der Waals surface area contributed by atoms with Crippen LogP contribution < -0.4 is 4.74 Å². The highest BCUT2D eigenvalue weighted by atomic mass is 16.5. The second-order valence-electron chi connectivity index (χ2n) is 4.28. The second kappa shape index (κ2) is 4.74. The van der Waals surface area contributed by atoms with Gasteiger partial charge in [-0.05, 0) is 6.07 Å². The van der Waals surface area contributed by atoms with Gasteiger partial charge in [0.25, 0.3) is 0 Å². The molecule has 0 bridgehead atoms. The summed E-state index contributed by atoms with van der Waals surface area (Å²) in [5, 5.41) is 13.9. The molecule has 3 aromatic rings. The van der Waals surface area contributed by atoms with E-state index in [1.165, 1.54) is 0 Å². The molecule has 4 nitrogen and oxygen atoms in total. The van der Waals surface area contributed by atoms with Gasteiger partial charge in [-0.3, -0.25) is 0 Å². The Balaban J connectivity index is 2.20. The maximum atomic E-state index is 9.42. The summed E-state index contributed by atoms with van der Waals surface area (Å²) in [6.07, 6.45) is 0. The fourth-order valence-corrected chi connectivity index (χ4v) is 2.12. The number of aliphatic hydroxyl groups excluding tert-OH is 1. The van der Waals surface area contributed by atoms with Gasteiger partial charge >= 0.3 is 0 Å². The molecule has 19 heavy (non-hydrogen) atoms. The van der Waals surface area contributed by atoms with Crippen LogP contribution in [0.15, 0.2) is 48.5 Å². The fourth-order valence-electron chi connectivity index (χ4n) is 2.12. The predicted molar refractivity (Wildman–Crippen MR) is 73.1 cm³/mol. The number of nitrogens with zero attached hydrogens (tertiary/aromatic N) is 2. The van der Waals surface area contributed by atoms with E-state index in [4.69, 9.17) is 4.74 Å². The van der Waals surface area contributed by atoms with Crippen LogP contribution in [0.2, 0.25) is 0 Å². The molecule has 1 N–H and O–H groups in total. The van der Waals surface area contributed by atoms with E-state index in [1.54, 1.807) is 17.7 Å². The smallest absolute Gasteiger partial charge is 0.122 e. The van der Waals surface area contributed by atoms with E-state index in [0.29, 0.717) is 5.69 Å². The van der Waals surface area contributed by atoms with Crippen LogP contribution in [0, 0.1) is 0 Å². The Bertz CT molecular complexity index is 705. The summed E-state index contributed by atoms with van der Waals surface area (Å²) in [5.41, 5.74) is 3.54. The molecule has 96 valence electrons. The lowest BCUT2D eigenvalue weighted by molar-refractivity contribution is 0.272. The molecule has 3 rings (SSSR count). The molecule has 0 aliphatic heterocycles. The van der Waals surface area contributed by atoms with Crippen LogP contribution in [-0.2, 0) is 6.61 Å². The monoisotopic (exact) mass is 254 g/mol. The third-order valence-electron chi connectivity index (χ3n) is 3.08. The molecule has 0 radical (unpaired) electrons. The molecule has 0 fully saturated rings. The Morgan fingerprint density at radius 3 is 2.63 bits per heavy atom. The Morgan fingerprint density at radius 1 is 1.16 bits per heavy atom. The van der Waals surface area contributed by atoms with Crippen molar-refractivity contribution in [3.63, 3.8) is 0 Å². The normalized spacial score (nSPS) is 10.8. The van der Waals surface area contributed by atoms with Gasteiger partial charge in [0, 0.05) is 17.7 Å². The zero-order valence-electron chi connectivity index (χ0n) is 10.6. The molecule has 0 spiro atoms. The lowest BCUT2D eigenvalue weighted by Gasteiger charge is -2.05. The molecule has 0 aliphatic carbocycles. The first-order chi connectivity index (χ1) is 9.31. The van der Waals surface area contributed by atoms with Crippen molar-refractivity contribution in [3.05, 3.63) is 54.2 Å². The molecule has 2 aromatic heterocycles. The fraction of sp³-hybridized carbons (Fsp3) is 0.133. The summed E-state index contributed by atoms with van der Waals surface area (Å²) in [6, 6.07) is 15.6. The van der Waals surface area contributed by atoms with Gasteiger partial charge in [-0.1, -0.05) is 30.3 Å². The molecule has 4 heteroatoms. The van der Waals surface area contributed by atoms with Gasteiger partial charge < -0.3 is 9.84 Å². The Hall–Kier alpha value is -2.33. The molecule has 0 unspecified atom stereocenters. The van der Waals surface area contributed by atoms with E-state index in [9.17, 15) is 5.11 Å². The van der Waals surface area contributed by atoms with Crippen molar-refractivity contribution in [1.82, 2.24) is 9.61 Å². The van der Waals surface area contributed by atoms with E-state index in [1.807, 2.05) is 42.5 Å². The first-order valence-electron chi connectivity index (χ1n) is 6.05. The van der Waals surface area contributed by atoms with Crippen molar-refractivity contribution in [1.29, 1.82) is 0 Å². The van der Waals surface area contributed by atoms with Gasteiger partial charge in [0.2, 0.25) is 0 Å². The predicted octanol–water partition coefficient (Wildman–Crippen LogP) is 2.50. The summed E-state index contributed by atoms with van der Waals surface area (Å²) < 4.78 is 6.97.